The number of anilines is 1. The third-order valence-corrected chi connectivity index (χ3v) is 3.21. The molecule has 0 radical (unpaired) electrons. The fourth-order valence-electron chi connectivity index (χ4n) is 1.32. The Bertz CT molecular complexity index is 393. The van der Waals surface area contributed by atoms with Gasteiger partial charge in [-0.3, -0.25) is 4.79 Å². The van der Waals surface area contributed by atoms with Crippen molar-refractivity contribution in [1.29, 1.82) is 0 Å². The van der Waals surface area contributed by atoms with Crippen LogP contribution in [-0.2, 0) is 4.79 Å². The van der Waals surface area contributed by atoms with Crippen molar-refractivity contribution in [2.24, 2.45) is 5.92 Å². The van der Waals surface area contributed by atoms with E-state index in [1.54, 1.807) is 0 Å². The zero-order valence-electron chi connectivity index (χ0n) is 7.83. The highest BCUT2D eigenvalue weighted by atomic mass is 35.5. The van der Waals surface area contributed by atoms with Gasteiger partial charge in [0.15, 0.2) is 11.0 Å². The van der Waals surface area contributed by atoms with Crippen LogP contribution >= 0.6 is 23.2 Å². The molecule has 4 nitrogen and oxygen atoms in total. The van der Waals surface area contributed by atoms with E-state index >= 15 is 0 Å². The Morgan fingerprint density at radius 2 is 2.13 bits per heavy atom. The summed E-state index contributed by atoms with van der Waals surface area (Å²) in [7, 11) is 0. The first kappa shape index (κ1) is 10.6. The minimum atomic E-state index is -0.0436. The van der Waals surface area contributed by atoms with Crippen LogP contribution in [0.5, 0.6) is 0 Å². The third-order valence-electron chi connectivity index (χ3n) is 2.46. The lowest BCUT2D eigenvalue weighted by atomic mass is 9.85. The van der Waals surface area contributed by atoms with Crippen LogP contribution in [0.1, 0.15) is 19.3 Å². The van der Waals surface area contributed by atoms with Gasteiger partial charge in [0.2, 0.25) is 5.91 Å². The average Bonchev–Trinajstić information content (AvgIpc) is 2.10. The molecule has 1 fully saturated rings. The molecule has 0 aromatic carbocycles. The van der Waals surface area contributed by atoms with Gasteiger partial charge in [-0.1, -0.05) is 29.6 Å². The number of aromatic nitrogens is 2. The van der Waals surface area contributed by atoms with Gasteiger partial charge in [0, 0.05) is 5.92 Å². The summed E-state index contributed by atoms with van der Waals surface area (Å²) >= 11 is 11.5. The molecule has 0 atom stereocenters. The van der Waals surface area contributed by atoms with Gasteiger partial charge in [0.1, 0.15) is 11.3 Å². The quantitative estimate of drug-likeness (QED) is 0.815. The van der Waals surface area contributed by atoms with Gasteiger partial charge in [0.05, 0.1) is 0 Å². The van der Waals surface area contributed by atoms with Crippen LogP contribution < -0.4 is 5.32 Å². The summed E-state index contributed by atoms with van der Waals surface area (Å²) in [5.74, 6) is 0.335. The molecule has 1 amide bonds. The standard InChI is InChI=1S/C9H9Cl2N3O/c10-6-7(11)12-4-13-8(6)14-9(15)5-2-1-3-5/h4-5H,1-3H2,(H,12,13,14,15). The summed E-state index contributed by atoms with van der Waals surface area (Å²) in [6, 6.07) is 0. The molecule has 0 aliphatic heterocycles. The van der Waals surface area contributed by atoms with Crippen LogP contribution in [0.2, 0.25) is 10.2 Å². The normalized spacial score (nSPS) is 15.9. The molecular weight excluding hydrogens is 237 g/mol. The van der Waals surface area contributed by atoms with Gasteiger partial charge in [-0.25, -0.2) is 9.97 Å². The van der Waals surface area contributed by atoms with E-state index in [-0.39, 0.29) is 27.8 Å². The average molecular weight is 246 g/mol. The van der Waals surface area contributed by atoms with Crippen LogP contribution in [0.4, 0.5) is 5.82 Å². The molecule has 1 aromatic rings. The molecule has 1 N–H and O–H groups in total. The van der Waals surface area contributed by atoms with E-state index < -0.39 is 0 Å². The van der Waals surface area contributed by atoms with Gasteiger partial charge in [-0.15, -0.1) is 0 Å². The largest absolute Gasteiger partial charge is 0.309 e. The van der Waals surface area contributed by atoms with E-state index in [4.69, 9.17) is 23.2 Å². The number of carbonyl (C=O) groups excluding carboxylic acids is 1. The molecular formula is C9H9Cl2N3O. The zero-order valence-corrected chi connectivity index (χ0v) is 9.35. The molecule has 0 bridgehead atoms. The van der Waals surface area contributed by atoms with Crippen LogP contribution in [0.15, 0.2) is 6.33 Å². The fourth-order valence-corrected chi connectivity index (χ4v) is 1.60. The molecule has 1 aliphatic rings. The van der Waals surface area contributed by atoms with Crippen molar-refractivity contribution in [2.45, 2.75) is 19.3 Å². The highest BCUT2D eigenvalue weighted by Crippen LogP contribution is 2.30. The highest BCUT2D eigenvalue weighted by Gasteiger charge is 2.26. The maximum Gasteiger partial charge on any atom is 0.228 e. The SMILES string of the molecule is O=C(Nc1ncnc(Cl)c1Cl)C1CCC1. The van der Waals surface area contributed by atoms with Gasteiger partial charge in [-0.05, 0) is 12.8 Å². The lowest BCUT2D eigenvalue weighted by Gasteiger charge is -2.23. The lowest BCUT2D eigenvalue weighted by Crippen LogP contribution is -2.28. The van der Waals surface area contributed by atoms with E-state index in [1.165, 1.54) is 6.33 Å². The minimum absolute atomic E-state index is 0.0436. The molecule has 0 unspecified atom stereocenters. The predicted octanol–water partition coefficient (Wildman–Crippen LogP) is 2.52. The molecule has 1 saturated carbocycles. The Morgan fingerprint density at radius 3 is 2.73 bits per heavy atom. The minimum Gasteiger partial charge on any atom is -0.309 e. The van der Waals surface area contributed by atoms with E-state index in [9.17, 15) is 4.79 Å². The van der Waals surface area contributed by atoms with Crippen LogP contribution in [0.25, 0.3) is 0 Å². The number of halogens is 2. The van der Waals surface area contributed by atoms with Gasteiger partial charge < -0.3 is 5.32 Å². The molecule has 1 heterocycles. The number of nitrogens with one attached hydrogen (secondary N) is 1. The van der Waals surface area contributed by atoms with Crippen LogP contribution in [0, 0.1) is 5.92 Å². The molecule has 80 valence electrons. The Hall–Kier alpha value is -0.870. The van der Waals surface area contributed by atoms with E-state index in [0.29, 0.717) is 0 Å². The summed E-state index contributed by atoms with van der Waals surface area (Å²) in [6.07, 6.45) is 4.24. The molecule has 0 spiro atoms. The number of hydrogen-bond donors (Lipinski definition) is 1. The van der Waals surface area contributed by atoms with E-state index in [0.717, 1.165) is 19.3 Å². The zero-order chi connectivity index (χ0) is 10.8. The maximum atomic E-state index is 11.6. The van der Waals surface area contributed by atoms with Crippen molar-refractivity contribution in [2.75, 3.05) is 5.32 Å². The monoisotopic (exact) mass is 245 g/mol. The Balaban J connectivity index is 2.09. The van der Waals surface area contributed by atoms with Crippen molar-refractivity contribution < 1.29 is 4.79 Å². The lowest BCUT2D eigenvalue weighted by molar-refractivity contribution is -0.122. The number of carbonyl (C=O) groups is 1. The second kappa shape index (κ2) is 4.33. The Kier molecular flexibility index (Phi) is 3.07. The summed E-state index contributed by atoms with van der Waals surface area (Å²) < 4.78 is 0. The number of nitrogens with zero attached hydrogens (tertiary/aromatic N) is 2. The van der Waals surface area contributed by atoms with Gasteiger partial charge >= 0.3 is 0 Å². The van der Waals surface area contributed by atoms with Crippen molar-refractivity contribution in [3.05, 3.63) is 16.5 Å². The first-order valence-corrected chi connectivity index (χ1v) is 5.41. The second-order valence-corrected chi connectivity index (χ2v) is 4.18. The fraction of sp³-hybridized carbons (Fsp3) is 0.444. The second-order valence-electron chi connectivity index (χ2n) is 3.44. The summed E-state index contributed by atoms with van der Waals surface area (Å²) in [6.45, 7) is 0. The number of hydrogen-bond acceptors (Lipinski definition) is 3. The topological polar surface area (TPSA) is 54.9 Å². The van der Waals surface area contributed by atoms with Crippen molar-refractivity contribution >= 4 is 34.9 Å². The highest BCUT2D eigenvalue weighted by molar-refractivity contribution is 6.42. The summed E-state index contributed by atoms with van der Waals surface area (Å²) in [4.78, 5) is 19.1. The molecule has 1 aliphatic carbocycles. The molecule has 2 rings (SSSR count). The first-order chi connectivity index (χ1) is 7.18. The first-order valence-electron chi connectivity index (χ1n) is 4.65. The van der Waals surface area contributed by atoms with Crippen molar-refractivity contribution in [1.82, 2.24) is 9.97 Å². The Morgan fingerprint density at radius 1 is 1.40 bits per heavy atom. The van der Waals surface area contributed by atoms with Crippen molar-refractivity contribution in [3.63, 3.8) is 0 Å². The van der Waals surface area contributed by atoms with Crippen molar-refractivity contribution in [3.8, 4) is 0 Å². The third kappa shape index (κ3) is 2.21. The van der Waals surface area contributed by atoms with Crippen LogP contribution in [-0.4, -0.2) is 15.9 Å². The summed E-state index contributed by atoms with van der Waals surface area (Å²) in [5.41, 5.74) is 0. The number of amides is 1. The molecule has 6 heteroatoms. The smallest absolute Gasteiger partial charge is 0.228 e. The maximum absolute atomic E-state index is 11.6. The molecule has 15 heavy (non-hydrogen) atoms. The van der Waals surface area contributed by atoms with E-state index in [1.807, 2.05) is 0 Å². The van der Waals surface area contributed by atoms with Gasteiger partial charge in [0.25, 0.3) is 0 Å². The predicted molar refractivity (Wildman–Crippen MR) is 58.0 cm³/mol. The van der Waals surface area contributed by atoms with E-state index in [2.05, 4.69) is 15.3 Å². The Labute approximate surface area is 97.0 Å². The van der Waals surface area contributed by atoms with Crippen LogP contribution in [0.3, 0.4) is 0 Å². The molecule has 1 aromatic heterocycles. The molecule has 0 saturated heterocycles. The summed E-state index contributed by atoms with van der Waals surface area (Å²) in [5, 5.41) is 2.98. The number of rotatable bonds is 2. The van der Waals surface area contributed by atoms with Gasteiger partial charge in [-0.2, -0.15) is 0 Å².